The van der Waals surface area contributed by atoms with E-state index in [4.69, 9.17) is 16.3 Å². The third-order valence-corrected chi connectivity index (χ3v) is 5.04. The van der Waals surface area contributed by atoms with Crippen LogP contribution in [-0.2, 0) is 20.1 Å². The molecule has 0 bridgehead atoms. The van der Waals surface area contributed by atoms with Gasteiger partial charge in [-0.05, 0) is 37.5 Å². The van der Waals surface area contributed by atoms with Gasteiger partial charge in [-0.2, -0.15) is 0 Å². The van der Waals surface area contributed by atoms with Crippen molar-refractivity contribution < 1.29 is 14.3 Å². The Kier molecular flexibility index (Phi) is 7.24. The average molecular weight is 356 g/mol. The minimum Gasteiger partial charge on any atom is -0.466 e. The molecule has 0 radical (unpaired) electrons. The van der Waals surface area contributed by atoms with Crippen LogP contribution in [0, 0.1) is 5.92 Å². The van der Waals surface area contributed by atoms with Crippen molar-refractivity contribution in [1.29, 1.82) is 0 Å². The van der Waals surface area contributed by atoms with Gasteiger partial charge in [0, 0.05) is 23.9 Å². The zero-order valence-corrected chi connectivity index (χ0v) is 14.9. The molecule has 1 aromatic rings. The van der Waals surface area contributed by atoms with E-state index in [0.29, 0.717) is 23.9 Å². The van der Waals surface area contributed by atoms with Crippen LogP contribution in [0.4, 0.5) is 0 Å². The normalized spacial score (nSPS) is 17.8. The molecule has 0 spiro atoms. The fraction of sp³-hybridized carbons (Fsp3) is 0.529. The third-order valence-electron chi connectivity index (χ3n) is 3.80. The lowest BCUT2D eigenvalue weighted by atomic mass is 9.98. The maximum atomic E-state index is 12.3. The zero-order chi connectivity index (χ0) is 16.7. The fourth-order valence-electron chi connectivity index (χ4n) is 2.58. The summed E-state index contributed by atoms with van der Waals surface area (Å²) in [5, 5.41) is 0.716. The number of hydrogen-bond donors (Lipinski definition) is 0. The van der Waals surface area contributed by atoms with Gasteiger partial charge in [0.05, 0.1) is 18.3 Å². The SMILES string of the molecule is CCOC(=O)[C@H]1CCCN(C(=O)CSCc2ccc(Cl)cc2)C1. The maximum Gasteiger partial charge on any atom is 0.310 e. The summed E-state index contributed by atoms with van der Waals surface area (Å²) in [6.45, 7) is 3.41. The van der Waals surface area contributed by atoms with Crippen molar-refractivity contribution in [2.75, 3.05) is 25.4 Å². The Morgan fingerprint density at radius 3 is 2.78 bits per heavy atom. The molecule has 0 unspecified atom stereocenters. The summed E-state index contributed by atoms with van der Waals surface area (Å²) >= 11 is 7.44. The molecule has 0 saturated carbocycles. The van der Waals surface area contributed by atoms with Crippen molar-refractivity contribution in [3.05, 3.63) is 34.9 Å². The molecule has 1 aliphatic rings. The highest BCUT2D eigenvalue weighted by molar-refractivity contribution is 7.99. The predicted octanol–water partition coefficient (Wildman–Crippen LogP) is 3.37. The third kappa shape index (κ3) is 5.74. The lowest BCUT2D eigenvalue weighted by Gasteiger charge is -2.31. The Balaban J connectivity index is 1.76. The van der Waals surface area contributed by atoms with Crippen molar-refractivity contribution in [2.24, 2.45) is 5.92 Å². The second-order valence-corrected chi connectivity index (χ2v) is 6.97. The van der Waals surface area contributed by atoms with Crippen LogP contribution in [0.25, 0.3) is 0 Å². The number of hydrogen-bond acceptors (Lipinski definition) is 4. The smallest absolute Gasteiger partial charge is 0.310 e. The maximum absolute atomic E-state index is 12.3. The Morgan fingerprint density at radius 1 is 1.35 bits per heavy atom. The first-order chi connectivity index (χ1) is 11.1. The van der Waals surface area contributed by atoms with Gasteiger partial charge in [0.2, 0.25) is 5.91 Å². The van der Waals surface area contributed by atoms with E-state index in [1.165, 1.54) is 0 Å². The first-order valence-electron chi connectivity index (χ1n) is 7.86. The van der Waals surface area contributed by atoms with E-state index in [2.05, 4.69) is 0 Å². The average Bonchev–Trinajstić information content (AvgIpc) is 2.57. The minimum absolute atomic E-state index is 0.0953. The number of halogens is 1. The van der Waals surface area contributed by atoms with Gasteiger partial charge < -0.3 is 9.64 Å². The lowest BCUT2D eigenvalue weighted by Crippen LogP contribution is -2.43. The summed E-state index contributed by atoms with van der Waals surface area (Å²) in [5.41, 5.74) is 1.15. The molecule has 0 N–H and O–H groups in total. The number of esters is 1. The summed E-state index contributed by atoms with van der Waals surface area (Å²) in [7, 11) is 0. The van der Waals surface area contributed by atoms with Gasteiger partial charge in [-0.25, -0.2) is 0 Å². The molecule has 1 saturated heterocycles. The van der Waals surface area contributed by atoms with Crippen molar-refractivity contribution >= 4 is 35.2 Å². The van der Waals surface area contributed by atoms with Gasteiger partial charge >= 0.3 is 5.97 Å². The molecule has 1 atom stereocenters. The number of likely N-dealkylation sites (tertiary alicyclic amines) is 1. The van der Waals surface area contributed by atoms with Gasteiger partial charge in [-0.1, -0.05) is 23.7 Å². The number of benzene rings is 1. The summed E-state index contributed by atoms with van der Waals surface area (Å²) in [6.07, 6.45) is 1.66. The van der Waals surface area contributed by atoms with Crippen LogP contribution in [0.2, 0.25) is 5.02 Å². The van der Waals surface area contributed by atoms with Crippen molar-refractivity contribution in [1.82, 2.24) is 4.90 Å². The molecule has 23 heavy (non-hydrogen) atoms. The predicted molar refractivity (Wildman–Crippen MR) is 93.6 cm³/mol. The van der Waals surface area contributed by atoms with E-state index in [9.17, 15) is 9.59 Å². The summed E-state index contributed by atoms with van der Waals surface area (Å²) in [4.78, 5) is 25.9. The molecule has 1 fully saturated rings. The van der Waals surface area contributed by atoms with Gasteiger partial charge in [0.15, 0.2) is 0 Å². The first-order valence-corrected chi connectivity index (χ1v) is 9.40. The number of amides is 1. The second-order valence-electron chi connectivity index (χ2n) is 5.55. The molecule has 4 nitrogen and oxygen atoms in total. The number of carbonyl (C=O) groups excluding carboxylic acids is 2. The molecular weight excluding hydrogens is 334 g/mol. The quantitative estimate of drug-likeness (QED) is 0.734. The Morgan fingerprint density at radius 2 is 2.09 bits per heavy atom. The number of piperidine rings is 1. The lowest BCUT2D eigenvalue weighted by molar-refractivity contribution is -0.151. The molecule has 1 amide bonds. The largest absolute Gasteiger partial charge is 0.466 e. The topological polar surface area (TPSA) is 46.6 Å². The van der Waals surface area contributed by atoms with E-state index in [0.717, 1.165) is 30.7 Å². The van der Waals surface area contributed by atoms with E-state index in [1.54, 1.807) is 23.6 Å². The molecule has 126 valence electrons. The van der Waals surface area contributed by atoms with Gasteiger partial charge in [0.25, 0.3) is 0 Å². The molecule has 0 aliphatic carbocycles. The van der Waals surface area contributed by atoms with E-state index in [1.807, 2.05) is 24.3 Å². The molecule has 6 heteroatoms. The number of rotatable bonds is 6. The van der Waals surface area contributed by atoms with Crippen molar-refractivity contribution in [2.45, 2.75) is 25.5 Å². The van der Waals surface area contributed by atoms with Gasteiger partial charge in [-0.3, -0.25) is 9.59 Å². The number of nitrogens with zero attached hydrogens (tertiary/aromatic N) is 1. The minimum atomic E-state index is -0.182. The second kappa shape index (κ2) is 9.18. The van der Waals surface area contributed by atoms with Gasteiger partial charge in [0.1, 0.15) is 0 Å². The molecule has 1 heterocycles. The summed E-state index contributed by atoms with van der Waals surface area (Å²) in [6, 6.07) is 7.65. The van der Waals surface area contributed by atoms with E-state index in [-0.39, 0.29) is 17.8 Å². The Labute approximate surface area is 146 Å². The van der Waals surface area contributed by atoms with Crippen LogP contribution in [0.5, 0.6) is 0 Å². The summed E-state index contributed by atoms with van der Waals surface area (Å²) in [5.74, 6) is 0.946. The van der Waals surface area contributed by atoms with Crippen LogP contribution >= 0.6 is 23.4 Å². The molecular formula is C17H22ClNO3S. The van der Waals surface area contributed by atoms with Crippen LogP contribution in [0.3, 0.4) is 0 Å². The molecule has 1 aliphatic heterocycles. The monoisotopic (exact) mass is 355 g/mol. The van der Waals surface area contributed by atoms with Crippen LogP contribution in [0.1, 0.15) is 25.3 Å². The molecule has 0 aromatic heterocycles. The standard InChI is InChI=1S/C17H22ClNO3S/c1-2-22-17(21)14-4-3-9-19(10-14)16(20)12-23-11-13-5-7-15(18)8-6-13/h5-8,14H,2-4,9-12H2,1H3/t14-/m0/s1. The number of ether oxygens (including phenoxy) is 1. The number of thioether (sulfide) groups is 1. The fourth-order valence-corrected chi connectivity index (χ4v) is 3.60. The Hall–Kier alpha value is -1.20. The van der Waals surface area contributed by atoms with Crippen LogP contribution in [-0.4, -0.2) is 42.2 Å². The first kappa shape index (κ1) is 18.1. The highest BCUT2D eigenvalue weighted by Crippen LogP contribution is 2.20. The van der Waals surface area contributed by atoms with Crippen LogP contribution in [0.15, 0.2) is 24.3 Å². The highest BCUT2D eigenvalue weighted by Gasteiger charge is 2.29. The highest BCUT2D eigenvalue weighted by atomic mass is 35.5. The van der Waals surface area contributed by atoms with E-state index >= 15 is 0 Å². The van der Waals surface area contributed by atoms with E-state index < -0.39 is 0 Å². The Bertz CT molecular complexity index is 535. The zero-order valence-electron chi connectivity index (χ0n) is 13.3. The van der Waals surface area contributed by atoms with Crippen molar-refractivity contribution in [3.63, 3.8) is 0 Å². The van der Waals surface area contributed by atoms with Gasteiger partial charge in [-0.15, -0.1) is 11.8 Å². The number of carbonyl (C=O) groups is 2. The molecule has 2 rings (SSSR count). The van der Waals surface area contributed by atoms with Crippen LogP contribution < -0.4 is 0 Å². The van der Waals surface area contributed by atoms with Crippen molar-refractivity contribution in [3.8, 4) is 0 Å². The summed E-state index contributed by atoms with van der Waals surface area (Å²) < 4.78 is 5.07. The molecule has 1 aromatic carbocycles.